The Kier molecular flexibility index (Phi) is 4.12. The number of carboxylic acids is 1. The minimum absolute atomic E-state index is 0.0703. The minimum Gasteiger partial charge on any atom is -0.481 e. The molecule has 2 aromatic rings. The summed E-state index contributed by atoms with van der Waals surface area (Å²) < 4.78 is 0. The fraction of sp³-hybridized carbons (Fsp3) is 0.250. The third-order valence-corrected chi connectivity index (χ3v) is 3.29. The number of hydrogen-bond donors (Lipinski definition) is 3. The molecule has 0 saturated carbocycles. The third kappa shape index (κ3) is 3.51. The largest absolute Gasteiger partial charge is 0.481 e. The molecule has 110 valence electrons. The van der Waals surface area contributed by atoms with Crippen LogP contribution in [0.25, 0.3) is 11.3 Å². The van der Waals surface area contributed by atoms with E-state index < -0.39 is 11.4 Å². The van der Waals surface area contributed by atoms with Crippen molar-refractivity contribution in [3.8, 4) is 11.3 Å². The Hall–Kier alpha value is -2.56. The fourth-order valence-corrected chi connectivity index (χ4v) is 1.79. The lowest BCUT2D eigenvalue weighted by Crippen LogP contribution is -2.39. The van der Waals surface area contributed by atoms with Crippen LogP contribution >= 0.6 is 0 Å². The maximum absolute atomic E-state index is 12.0. The number of H-pyrrole nitrogens is 1. The van der Waals surface area contributed by atoms with Crippen molar-refractivity contribution in [1.82, 2.24) is 10.3 Å². The molecule has 0 unspecified atom stereocenters. The smallest absolute Gasteiger partial charge is 0.310 e. The maximum Gasteiger partial charge on any atom is 0.310 e. The number of amides is 1. The summed E-state index contributed by atoms with van der Waals surface area (Å²) in [5.74, 6) is -1.26. The number of nitrogens with one attached hydrogen (secondary N) is 2. The van der Waals surface area contributed by atoms with E-state index in [4.69, 9.17) is 5.11 Å². The molecule has 0 aliphatic heterocycles. The molecule has 0 saturated heterocycles. The van der Waals surface area contributed by atoms with E-state index in [1.54, 1.807) is 19.9 Å². The van der Waals surface area contributed by atoms with Crippen LogP contribution in [0.4, 0.5) is 0 Å². The Bertz CT molecular complexity index is 645. The van der Waals surface area contributed by atoms with Crippen molar-refractivity contribution in [1.29, 1.82) is 0 Å². The number of aromatic amines is 1. The normalized spacial score (nSPS) is 11.1. The summed E-state index contributed by atoms with van der Waals surface area (Å²) in [5, 5.41) is 11.7. The van der Waals surface area contributed by atoms with Crippen molar-refractivity contribution in [2.75, 3.05) is 6.54 Å². The summed E-state index contributed by atoms with van der Waals surface area (Å²) in [7, 11) is 0. The number of carbonyl (C=O) groups excluding carboxylic acids is 1. The van der Waals surface area contributed by atoms with Crippen LogP contribution in [0.2, 0.25) is 0 Å². The number of hydrogen-bond acceptors (Lipinski definition) is 2. The van der Waals surface area contributed by atoms with E-state index in [9.17, 15) is 9.59 Å². The van der Waals surface area contributed by atoms with E-state index in [1.165, 1.54) is 0 Å². The summed E-state index contributed by atoms with van der Waals surface area (Å²) in [6, 6.07) is 13.2. The van der Waals surface area contributed by atoms with Gasteiger partial charge in [0, 0.05) is 12.2 Å². The van der Waals surface area contributed by atoms with E-state index in [0.717, 1.165) is 11.3 Å². The highest BCUT2D eigenvalue weighted by Gasteiger charge is 2.27. The molecule has 0 aliphatic carbocycles. The van der Waals surface area contributed by atoms with E-state index in [1.807, 2.05) is 36.4 Å². The third-order valence-electron chi connectivity index (χ3n) is 3.29. The molecule has 0 bridgehead atoms. The molecule has 5 nitrogen and oxygen atoms in total. The quantitative estimate of drug-likeness (QED) is 0.790. The Labute approximate surface area is 123 Å². The fourth-order valence-electron chi connectivity index (χ4n) is 1.79. The maximum atomic E-state index is 12.0. The lowest BCUT2D eigenvalue weighted by Gasteiger charge is -2.19. The van der Waals surface area contributed by atoms with Crippen LogP contribution < -0.4 is 5.32 Å². The monoisotopic (exact) mass is 286 g/mol. The Morgan fingerprint density at radius 1 is 1.14 bits per heavy atom. The molecule has 3 N–H and O–H groups in total. The van der Waals surface area contributed by atoms with Crippen LogP contribution in [-0.2, 0) is 4.79 Å². The van der Waals surface area contributed by atoms with E-state index in [-0.39, 0.29) is 12.5 Å². The molecule has 5 heteroatoms. The average molecular weight is 286 g/mol. The number of carboxylic acid groups (broad SMARTS) is 1. The predicted octanol–water partition coefficient (Wildman–Crippen LogP) is 2.52. The SMILES string of the molecule is CC(C)(CNC(=O)c1ccc(-c2ccccc2)[nH]1)C(=O)O. The van der Waals surface area contributed by atoms with E-state index in [0.29, 0.717) is 5.69 Å². The molecule has 2 rings (SSSR count). The molecule has 0 spiro atoms. The van der Waals surface area contributed by atoms with Crippen molar-refractivity contribution in [3.05, 3.63) is 48.2 Å². The second-order valence-corrected chi connectivity index (χ2v) is 5.52. The summed E-state index contributed by atoms with van der Waals surface area (Å²) in [6.07, 6.45) is 0. The molecular weight excluding hydrogens is 268 g/mol. The van der Waals surface area contributed by atoms with Crippen LogP contribution in [0.1, 0.15) is 24.3 Å². The molecular formula is C16H18N2O3. The molecule has 1 amide bonds. The van der Waals surface area contributed by atoms with Crippen LogP contribution in [0.3, 0.4) is 0 Å². The number of rotatable bonds is 5. The Balaban J connectivity index is 2.05. The summed E-state index contributed by atoms with van der Waals surface area (Å²) in [6.45, 7) is 3.21. The minimum atomic E-state index is -0.996. The zero-order chi connectivity index (χ0) is 15.5. The van der Waals surface area contributed by atoms with Gasteiger partial charge in [-0.25, -0.2) is 0 Å². The van der Waals surface area contributed by atoms with E-state index >= 15 is 0 Å². The molecule has 0 aliphatic rings. The zero-order valence-electron chi connectivity index (χ0n) is 12.0. The van der Waals surface area contributed by atoms with Gasteiger partial charge >= 0.3 is 5.97 Å². The second kappa shape index (κ2) is 5.83. The van der Waals surface area contributed by atoms with Gasteiger partial charge in [0.2, 0.25) is 0 Å². The predicted molar refractivity (Wildman–Crippen MR) is 80.0 cm³/mol. The van der Waals surface area contributed by atoms with Gasteiger partial charge in [0.15, 0.2) is 0 Å². The Morgan fingerprint density at radius 2 is 1.81 bits per heavy atom. The highest BCUT2D eigenvalue weighted by Crippen LogP contribution is 2.18. The average Bonchev–Trinajstić information content (AvgIpc) is 2.95. The first-order valence-corrected chi connectivity index (χ1v) is 6.66. The topological polar surface area (TPSA) is 82.2 Å². The van der Waals surface area contributed by atoms with Gasteiger partial charge < -0.3 is 15.4 Å². The van der Waals surface area contributed by atoms with Crippen molar-refractivity contribution in [2.45, 2.75) is 13.8 Å². The van der Waals surface area contributed by atoms with Gasteiger partial charge in [-0.15, -0.1) is 0 Å². The summed E-state index contributed by atoms with van der Waals surface area (Å²) in [5.41, 5.74) is 1.25. The van der Waals surface area contributed by atoms with Crippen molar-refractivity contribution < 1.29 is 14.7 Å². The molecule has 1 heterocycles. The zero-order valence-corrected chi connectivity index (χ0v) is 12.0. The van der Waals surface area contributed by atoms with Gasteiger partial charge in [0.25, 0.3) is 5.91 Å². The summed E-state index contributed by atoms with van der Waals surface area (Å²) >= 11 is 0. The number of benzene rings is 1. The lowest BCUT2D eigenvalue weighted by molar-refractivity contribution is -0.146. The van der Waals surface area contributed by atoms with Crippen LogP contribution in [0.5, 0.6) is 0 Å². The molecule has 0 fully saturated rings. The first-order valence-electron chi connectivity index (χ1n) is 6.66. The standard InChI is InChI=1S/C16H18N2O3/c1-16(2,15(20)21)10-17-14(19)13-9-8-12(18-13)11-6-4-3-5-7-11/h3-9,18H,10H2,1-2H3,(H,17,19)(H,20,21). The van der Waals surface area contributed by atoms with Crippen molar-refractivity contribution in [3.63, 3.8) is 0 Å². The van der Waals surface area contributed by atoms with E-state index in [2.05, 4.69) is 10.3 Å². The second-order valence-electron chi connectivity index (χ2n) is 5.52. The number of aliphatic carboxylic acids is 1. The molecule has 0 atom stereocenters. The number of aromatic nitrogens is 1. The lowest BCUT2D eigenvalue weighted by atomic mass is 9.94. The van der Waals surface area contributed by atoms with Crippen LogP contribution in [-0.4, -0.2) is 28.5 Å². The molecule has 1 aromatic heterocycles. The van der Waals surface area contributed by atoms with Gasteiger partial charge in [-0.2, -0.15) is 0 Å². The highest BCUT2D eigenvalue weighted by atomic mass is 16.4. The van der Waals surface area contributed by atoms with Crippen LogP contribution in [0, 0.1) is 5.41 Å². The van der Waals surface area contributed by atoms with Gasteiger partial charge in [0.05, 0.1) is 5.41 Å². The van der Waals surface area contributed by atoms with Crippen molar-refractivity contribution in [2.24, 2.45) is 5.41 Å². The van der Waals surface area contributed by atoms with Gasteiger partial charge in [-0.1, -0.05) is 30.3 Å². The first-order chi connectivity index (χ1) is 9.90. The number of carbonyl (C=O) groups is 2. The molecule has 0 radical (unpaired) electrons. The Morgan fingerprint density at radius 3 is 2.43 bits per heavy atom. The molecule has 21 heavy (non-hydrogen) atoms. The summed E-state index contributed by atoms with van der Waals surface area (Å²) in [4.78, 5) is 26.1. The van der Waals surface area contributed by atoms with Crippen LogP contribution in [0.15, 0.2) is 42.5 Å². The van der Waals surface area contributed by atoms with Gasteiger partial charge in [-0.05, 0) is 31.5 Å². The van der Waals surface area contributed by atoms with Crippen molar-refractivity contribution >= 4 is 11.9 Å². The first kappa shape index (κ1) is 14.8. The van der Waals surface area contributed by atoms with Gasteiger partial charge in [-0.3, -0.25) is 9.59 Å². The molecule has 1 aromatic carbocycles. The highest BCUT2D eigenvalue weighted by molar-refractivity contribution is 5.93. The van der Waals surface area contributed by atoms with Gasteiger partial charge in [0.1, 0.15) is 5.69 Å².